The maximum absolute atomic E-state index is 11.3. The van der Waals surface area contributed by atoms with Crippen molar-refractivity contribution in [3.05, 3.63) is 30.3 Å². The van der Waals surface area contributed by atoms with Gasteiger partial charge in [-0.1, -0.05) is 18.2 Å². The zero-order chi connectivity index (χ0) is 12.8. The first kappa shape index (κ1) is 13.4. The molecule has 0 unspecified atom stereocenters. The molecule has 1 aliphatic heterocycles. The second kappa shape index (κ2) is 6.20. The van der Waals surface area contributed by atoms with Gasteiger partial charge in [-0.3, -0.25) is 0 Å². The minimum absolute atomic E-state index is 0.310. The Morgan fingerprint density at radius 2 is 1.83 bits per heavy atom. The van der Waals surface area contributed by atoms with Gasteiger partial charge in [-0.15, -0.1) is 0 Å². The summed E-state index contributed by atoms with van der Waals surface area (Å²) in [5.74, 6) is 1.49. The van der Waals surface area contributed by atoms with Gasteiger partial charge in [-0.2, -0.15) is 0 Å². The Labute approximate surface area is 108 Å². The van der Waals surface area contributed by atoms with E-state index < -0.39 is 9.84 Å². The van der Waals surface area contributed by atoms with Crippen molar-refractivity contribution >= 4 is 9.84 Å². The zero-order valence-electron chi connectivity index (χ0n) is 10.3. The number of para-hydroxylation sites is 1. The number of sulfone groups is 1. The smallest absolute Gasteiger partial charge is 0.150 e. The van der Waals surface area contributed by atoms with Gasteiger partial charge in [-0.05, 0) is 25.0 Å². The molecule has 100 valence electrons. The van der Waals surface area contributed by atoms with Gasteiger partial charge in [0, 0.05) is 12.6 Å². The average Bonchev–Trinajstić information content (AvgIpc) is 2.37. The van der Waals surface area contributed by atoms with Gasteiger partial charge in [0.2, 0.25) is 0 Å². The number of hydrogen-bond donors (Lipinski definition) is 1. The minimum atomic E-state index is -2.76. The van der Waals surface area contributed by atoms with Gasteiger partial charge in [0.1, 0.15) is 22.2 Å². The highest BCUT2D eigenvalue weighted by Gasteiger charge is 2.22. The monoisotopic (exact) mass is 269 g/mol. The molecular formula is C13H19NO3S. The van der Waals surface area contributed by atoms with Gasteiger partial charge in [0.25, 0.3) is 0 Å². The van der Waals surface area contributed by atoms with E-state index in [0.29, 0.717) is 37.0 Å². The van der Waals surface area contributed by atoms with Crippen molar-refractivity contribution in [2.75, 3.05) is 24.7 Å². The summed E-state index contributed by atoms with van der Waals surface area (Å²) in [6, 6.07) is 9.99. The first-order valence-electron chi connectivity index (χ1n) is 6.27. The molecule has 0 aliphatic carbocycles. The molecule has 0 aromatic heterocycles. The molecule has 0 radical (unpaired) electrons. The summed E-state index contributed by atoms with van der Waals surface area (Å²) in [5.41, 5.74) is 0. The third-order valence-electron chi connectivity index (χ3n) is 3.10. The van der Waals surface area contributed by atoms with E-state index in [2.05, 4.69) is 5.32 Å². The van der Waals surface area contributed by atoms with E-state index in [9.17, 15) is 8.42 Å². The zero-order valence-corrected chi connectivity index (χ0v) is 11.2. The molecule has 5 heteroatoms. The fourth-order valence-electron chi connectivity index (χ4n) is 2.04. The Morgan fingerprint density at radius 1 is 1.17 bits per heavy atom. The fourth-order valence-corrected chi connectivity index (χ4v) is 3.53. The Kier molecular flexibility index (Phi) is 4.60. The number of ether oxygens (including phenoxy) is 1. The predicted molar refractivity (Wildman–Crippen MR) is 71.6 cm³/mol. The molecule has 1 aromatic rings. The maximum atomic E-state index is 11.3. The van der Waals surface area contributed by atoms with E-state index in [1.807, 2.05) is 30.3 Å². The highest BCUT2D eigenvalue weighted by atomic mass is 32.2. The summed E-state index contributed by atoms with van der Waals surface area (Å²) in [4.78, 5) is 0. The quantitative estimate of drug-likeness (QED) is 0.817. The lowest BCUT2D eigenvalue weighted by molar-refractivity contribution is 0.301. The lowest BCUT2D eigenvalue weighted by Gasteiger charge is -2.23. The molecule has 2 rings (SSSR count). The molecule has 1 heterocycles. The van der Waals surface area contributed by atoms with Crippen LogP contribution in [0.1, 0.15) is 12.8 Å². The summed E-state index contributed by atoms with van der Waals surface area (Å²) < 4.78 is 28.1. The van der Waals surface area contributed by atoms with Gasteiger partial charge in [0.15, 0.2) is 0 Å². The van der Waals surface area contributed by atoms with Crippen molar-refractivity contribution in [3.8, 4) is 5.75 Å². The van der Waals surface area contributed by atoms with E-state index >= 15 is 0 Å². The molecule has 0 atom stereocenters. The van der Waals surface area contributed by atoms with E-state index in [1.165, 1.54) is 0 Å². The molecule has 1 N–H and O–H groups in total. The molecule has 1 saturated heterocycles. The van der Waals surface area contributed by atoms with Gasteiger partial charge < -0.3 is 10.1 Å². The molecule has 18 heavy (non-hydrogen) atoms. The minimum Gasteiger partial charge on any atom is -0.492 e. The van der Waals surface area contributed by atoms with E-state index in [4.69, 9.17) is 4.74 Å². The molecule has 1 aromatic carbocycles. The Balaban J connectivity index is 1.62. The van der Waals surface area contributed by atoms with Crippen LogP contribution in [0, 0.1) is 0 Å². The summed E-state index contributed by atoms with van der Waals surface area (Å²) >= 11 is 0. The Morgan fingerprint density at radius 3 is 2.50 bits per heavy atom. The van der Waals surface area contributed by atoms with Crippen molar-refractivity contribution in [2.45, 2.75) is 18.9 Å². The molecule has 0 amide bonds. The standard InChI is InChI=1S/C13H19NO3S/c15-18(16)10-6-12(7-11-18)14-8-9-17-13-4-2-1-3-5-13/h1-5,12,14H,6-11H2. The normalized spacial score (nSPS) is 19.6. The van der Waals surface area contributed by atoms with Gasteiger partial charge in [0.05, 0.1) is 11.5 Å². The molecule has 0 saturated carbocycles. The third kappa shape index (κ3) is 4.31. The predicted octanol–water partition coefficient (Wildman–Crippen LogP) is 1.23. The topological polar surface area (TPSA) is 55.4 Å². The van der Waals surface area contributed by atoms with Gasteiger partial charge in [-0.25, -0.2) is 8.42 Å². The van der Waals surface area contributed by atoms with Crippen LogP contribution in [0.5, 0.6) is 5.75 Å². The van der Waals surface area contributed by atoms with Crippen LogP contribution in [0.3, 0.4) is 0 Å². The average molecular weight is 269 g/mol. The largest absolute Gasteiger partial charge is 0.492 e. The first-order chi connectivity index (χ1) is 8.66. The fraction of sp³-hybridized carbons (Fsp3) is 0.538. The Bertz CT molecular complexity index is 444. The Hall–Kier alpha value is -1.07. The highest BCUT2D eigenvalue weighted by Crippen LogP contribution is 2.12. The van der Waals surface area contributed by atoms with Crippen LogP contribution in [0.2, 0.25) is 0 Å². The van der Waals surface area contributed by atoms with Crippen LogP contribution < -0.4 is 10.1 Å². The van der Waals surface area contributed by atoms with E-state index in [-0.39, 0.29) is 0 Å². The third-order valence-corrected chi connectivity index (χ3v) is 4.82. The van der Waals surface area contributed by atoms with Crippen LogP contribution >= 0.6 is 0 Å². The van der Waals surface area contributed by atoms with Crippen LogP contribution in [0.15, 0.2) is 30.3 Å². The SMILES string of the molecule is O=S1(=O)CCC(NCCOc2ccccc2)CC1. The summed E-state index contributed by atoms with van der Waals surface area (Å²) in [7, 11) is -2.76. The van der Waals surface area contributed by atoms with Crippen LogP contribution in [-0.4, -0.2) is 39.1 Å². The second-order valence-corrected chi connectivity index (χ2v) is 6.85. The summed E-state index contributed by atoms with van der Waals surface area (Å²) in [5, 5.41) is 3.34. The number of hydrogen-bond acceptors (Lipinski definition) is 4. The molecule has 1 aliphatic rings. The molecule has 0 bridgehead atoms. The number of nitrogens with one attached hydrogen (secondary N) is 1. The molecule has 1 fully saturated rings. The van der Waals surface area contributed by atoms with Crippen LogP contribution in [0.25, 0.3) is 0 Å². The lowest BCUT2D eigenvalue weighted by atomic mass is 10.1. The number of benzene rings is 1. The van der Waals surface area contributed by atoms with Crippen molar-refractivity contribution in [1.82, 2.24) is 5.32 Å². The molecular weight excluding hydrogens is 250 g/mol. The van der Waals surface area contributed by atoms with Crippen LogP contribution in [-0.2, 0) is 9.84 Å². The van der Waals surface area contributed by atoms with Gasteiger partial charge >= 0.3 is 0 Å². The molecule has 4 nitrogen and oxygen atoms in total. The van der Waals surface area contributed by atoms with Crippen molar-refractivity contribution in [2.24, 2.45) is 0 Å². The second-order valence-electron chi connectivity index (χ2n) is 4.54. The van der Waals surface area contributed by atoms with Crippen molar-refractivity contribution in [3.63, 3.8) is 0 Å². The first-order valence-corrected chi connectivity index (χ1v) is 8.09. The van der Waals surface area contributed by atoms with Crippen molar-refractivity contribution in [1.29, 1.82) is 0 Å². The van der Waals surface area contributed by atoms with Crippen LogP contribution in [0.4, 0.5) is 0 Å². The summed E-state index contributed by atoms with van der Waals surface area (Å²) in [6.45, 7) is 1.35. The van der Waals surface area contributed by atoms with Crippen molar-refractivity contribution < 1.29 is 13.2 Å². The van der Waals surface area contributed by atoms with E-state index in [0.717, 1.165) is 12.3 Å². The maximum Gasteiger partial charge on any atom is 0.150 e. The molecule has 0 spiro atoms. The number of rotatable bonds is 5. The lowest BCUT2D eigenvalue weighted by Crippen LogP contribution is -2.39. The van der Waals surface area contributed by atoms with E-state index in [1.54, 1.807) is 0 Å². The summed E-state index contributed by atoms with van der Waals surface area (Å²) in [6.07, 6.45) is 1.43. The highest BCUT2D eigenvalue weighted by molar-refractivity contribution is 7.91.